The minimum atomic E-state index is -4.62. The fourth-order valence-electron chi connectivity index (χ4n) is 4.41. The van der Waals surface area contributed by atoms with Gasteiger partial charge in [0, 0.05) is 12.0 Å². The van der Waals surface area contributed by atoms with E-state index in [1.165, 1.54) is 18.2 Å². The average molecular weight is 537 g/mol. The molecule has 3 aromatic carbocycles. The number of alkyl halides is 3. The van der Waals surface area contributed by atoms with Crippen LogP contribution in [0, 0.1) is 0 Å². The highest BCUT2D eigenvalue weighted by atomic mass is 35.5. The molecule has 0 aromatic heterocycles. The second kappa shape index (κ2) is 8.67. The van der Waals surface area contributed by atoms with Crippen LogP contribution in [-0.4, -0.2) is 17.8 Å². The molecule has 2 aliphatic heterocycles. The standard InChI is InChI=1S/C25H21Cl2F3N4O2/c1-24(2)11-13-19-18(32-23(33-19)34-20-15(26)7-5-8-16(20)27)10-12(21(13)36-24)22(35)31-17-9-4-3-6-14(17)25(28,29)30/h3-10,23,32-34H,11H2,1-2H3,(H,31,35). The van der Waals surface area contributed by atoms with Crippen LogP contribution < -0.4 is 26.0 Å². The Labute approximate surface area is 215 Å². The summed E-state index contributed by atoms with van der Waals surface area (Å²) in [6.07, 6.45) is -4.65. The molecule has 36 heavy (non-hydrogen) atoms. The number of carbonyl (C=O) groups is 1. The number of amides is 1. The van der Waals surface area contributed by atoms with Crippen molar-refractivity contribution in [2.45, 2.75) is 38.3 Å². The minimum Gasteiger partial charge on any atom is -0.486 e. The van der Waals surface area contributed by atoms with Gasteiger partial charge in [0.1, 0.15) is 11.4 Å². The average Bonchev–Trinajstić information content (AvgIpc) is 3.34. The lowest BCUT2D eigenvalue weighted by molar-refractivity contribution is -0.136. The first kappa shape index (κ1) is 24.4. The topological polar surface area (TPSA) is 74.4 Å². The van der Waals surface area contributed by atoms with Crippen LogP contribution in [0.25, 0.3) is 0 Å². The van der Waals surface area contributed by atoms with Crippen LogP contribution in [-0.2, 0) is 12.6 Å². The second-order valence-corrected chi connectivity index (χ2v) is 9.97. The van der Waals surface area contributed by atoms with Gasteiger partial charge in [0.05, 0.1) is 43.9 Å². The summed E-state index contributed by atoms with van der Waals surface area (Å²) in [4.78, 5) is 13.3. The lowest BCUT2D eigenvalue weighted by Crippen LogP contribution is -2.31. The number of fused-ring (bicyclic) bond motifs is 3. The molecule has 3 aromatic rings. The summed E-state index contributed by atoms with van der Waals surface area (Å²) in [5.41, 5.74) is 0.821. The summed E-state index contributed by atoms with van der Waals surface area (Å²) < 4.78 is 46.5. The van der Waals surface area contributed by atoms with Gasteiger partial charge in [-0.25, -0.2) is 0 Å². The maximum Gasteiger partial charge on any atom is 0.418 e. The van der Waals surface area contributed by atoms with Gasteiger partial charge in [-0.2, -0.15) is 13.2 Å². The van der Waals surface area contributed by atoms with Crippen LogP contribution in [0.15, 0.2) is 48.5 Å². The Hall–Kier alpha value is -3.30. The smallest absolute Gasteiger partial charge is 0.418 e. The zero-order valence-electron chi connectivity index (χ0n) is 19.1. The van der Waals surface area contributed by atoms with Crippen molar-refractivity contribution in [1.82, 2.24) is 0 Å². The number of ether oxygens (including phenoxy) is 1. The largest absolute Gasteiger partial charge is 0.486 e. The summed E-state index contributed by atoms with van der Waals surface area (Å²) in [5, 5.41) is 13.0. The molecule has 1 atom stereocenters. The molecule has 2 heterocycles. The van der Waals surface area contributed by atoms with E-state index in [2.05, 4.69) is 21.3 Å². The molecule has 188 valence electrons. The molecule has 0 aliphatic carbocycles. The lowest BCUT2D eigenvalue weighted by atomic mass is 9.97. The highest BCUT2D eigenvalue weighted by Crippen LogP contribution is 2.48. The van der Waals surface area contributed by atoms with E-state index in [1.54, 1.807) is 24.3 Å². The number of nitrogens with one attached hydrogen (secondary N) is 4. The number of rotatable bonds is 4. The van der Waals surface area contributed by atoms with Crippen LogP contribution in [0.5, 0.6) is 5.75 Å². The molecule has 0 spiro atoms. The Bertz CT molecular complexity index is 1360. The fraction of sp³-hybridized carbons (Fsp3) is 0.240. The number of hydrogen-bond donors (Lipinski definition) is 4. The first-order valence-electron chi connectivity index (χ1n) is 11.0. The van der Waals surface area contributed by atoms with E-state index in [1.807, 2.05) is 13.8 Å². The predicted octanol–water partition coefficient (Wildman–Crippen LogP) is 7.21. The van der Waals surface area contributed by atoms with Gasteiger partial charge in [-0.1, -0.05) is 41.4 Å². The monoisotopic (exact) mass is 536 g/mol. The molecule has 11 heteroatoms. The van der Waals surface area contributed by atoms with Gasteiger partial charge in [0.2, 0.25) is 0 Å². The van der Waals surface area contributed by atoms with Crippen molar-refractivity contribution in [2.75, 3.05) is 21.3 Å². The van der Waals surface area contributed by atoms with Gasteiger partial charge >= 0.3 is 6.18 Å². The van der Waals surface area contributed by atoms with Crippen molar-refractivity contribution in [3.05, 3.63) is 75.3 Å². The molecular weight excluding hydrogens is 516 g/mol. The van der Waals surface area contributed by atoms with Crippen LogP contribution in [0.3, 0.4) is 0 Å². The molecule has 2 aliphatic rings. The van der Waals surface area contributed by atoms with Crippen molar-refractivity contribution < 1.29 is 22.7 Å². The van der Waals surface area contributed by atoms with Crippen LogP contribution in [0.2, 0.25) is 10.0 Å². The maximum atomic E-state index is 13.5. The summed E-state index contributed by atoms with van der Waals surface area (Å²) >= 11 is 12.6. The number of anilines is 4. The summed E-state index contributed by atoms with van der Waals surface area (Å²) in [5.74, 6) is -0.387. The predicted molar refractivity (Wildman–Crippen MR) is 135 cm³/mol. The Balaban J connectivity index is 1.49. The summed E-state index contributed by atoms with van der Waals surface area (Å²) in [6.45, 7) is 3.75. The highest BCUT2D eigenvalue weighted by Gasteiger charge is 2.40. The van der Waals surface area contributed by atoms with Crippen LogP contribution >= 0.6 is 23.2 Å². The molecule has 4 N–H and O–H groups in total. The summed E-state index contributed by atoms with van der Waals surface area (Å²) in [7, 11) is 0. The van der Waals surface area contributed by atoms with Gasteiger partial charge in [-0.05, 0) is 44.2 Å². The van der Waals surface area contributed by atoms with Crippen molar-refractivity contribution in [2.24, 2.45) is 0 Å². The Kier molecular flexibility index (Phi) is 5.88. The number of carbonyl (C=O) groups excluding carboxylic acids is 1. The number of hydrogen-bond acceptors (Lipinski definition) is 5. The molecule has 0 fully saturated rings. The van der Waals surface area contributed by atoms with E-state index in [9.17, 15) is 18.0 Å². The summed E-state index contributed by atoms with van der Waals surface area (Å²) in [6, 6.07) is 11.5. The van der Waals surface area contributed by atoms with E-state index < -0.39 is 29.5 Å². The Morgan fingerprint density at radius 2 is 1.78 bits per heavy atom. The van der Waals surface area contributed by atoms with E-state index in [4.69, 9.17) is 27.9 Å². The zero-order chi connectivity index (χ0) is 25.8. The SMILES string of the molecule is CC1(C)Cc2c3c(cc(C(=O)Nc4ccccc4C(F)(F)F)c2O1)NC(Nc1c(Cl)cccc1Cl)N3. The van der Waals surface area contributed by atoms with Crippen molar-refractivity contribution in [1.29, 1.82) is 0 Å². The highest BCUT2D eigenvalue weighted by molar-refractivity contribution is 6.39. The second-order valence-electron chi connectivity index (χ2n) is 9.15. The molecule has 0 saturated carbocycles. The normalized spacial score (nSPS) is 17.4. The molecule has 0 radical (unpaired) electrons. The van der Waals surface area contributed by atoms with Gasteiger partial charge in [0.15, 0.2) is 6.29 Å². The third-order valence-corrected chi connectivity index (χ3v) is 6.55. The van der Waals surface area contributed by atoms with Crippen molar-refractivity contribution >= 4 is 51.9 Å². The molecule has 6 nitrogen and oxygen atoms in total. The number of benzene rings is 3. The van der Waals surface area contributed by atoms with Crippen molar-refractivity contribution in [3.8, 4) is 5.75 Å². The Morgan fingerprint density at radius 3 is 2.47 bits per heavy atom. The van der Waals surface area contributed by atoms with E-state index in [0.717, 1.165) is 17.3 Å². The van der Waals surface area contributed by atoms with Gasteiger partial charge in [0.25, 0.3) is 5.91 Å². The molecular formula is C25H21Cl2F3N4O2. The third-order valence-electron chi connectivity index (χ3n) is 5.92. The first-order valence-corrected chi connectivity index (χ1v) is 11.8. The maximum absolute atomic E-state index is 13.5. The molecule has 0 bridgehead atoms. The van der Waals surface area contributed by atoms with E-state index in [-0.39, 0.29) is 11.3 Å². The van der Waals surface area contributed by atoms with Gasteiger partial charge in [-0.3, -0.25) is 4.79 Å². The number of halogens is 5. The lowest BCUT2D eigenvalue weighted by Gasteiger charge is -2.19. The molecule has 1 unspecified atom stereocenters. The van der Waals surface area contributed by atoms with E-state index >= 15 is 0 Å². The van der Waals surface area contributed by atoms with Gasteiger partial charge in [-0.15, -0.1) is 0 Å². The number of para-hydroxylation sites is 2. The van der Waals surface area contributed by atoms with Crippen LogP contribution in [0.1, 0.15) is 35.3 Å². The molecule has 0 saturated heterocycles. The fourth-order valence-corrected chi connectivity index (χ4v) is 4.92. The Morgan fingerprint density at radius 1 is 1.08 bits per heavy atom. The first-order chi connectivity index (χ1) is 16.9. The third kappa shape index (κ3) is 4.49. The van der Waals surface area contributed by atoms with Gasteiger partial charge < -0.3 is 26.0 Å². The zero-order valence-corrected chi connectivity index (χ0v) is 20.6. The molecule has 5 rings (SSSR count). The van der Waals surface area contributed by atoms with E-state index in [0.29, 0.717) is 33.6 Å². The quantitative estimate of drug-likeness (QED) is 0.283. The van der Waals surface area contributed by atoms with Crippen LogP contribution in [0.4, 0.5) is 35.9 Å². The molecule has 1 amide bonds. The van der Waals surface area contributed by atoms with Crippen molar-refractivity contribution in [3.63, 3.8) is 0 Å². The minimum absolute atomic E-state index is 0.122.